The molecule has 0 amide bonds. The van der Waals surface area contributed by atoms with E-state index in [1.165, 1.54) is 5.56 Å². The van der Waals surface area contributed by atoms with E-state index in [2.05, 4.69) is 4.98 Å². The van der Waals surface area contributed by atoms with Crippen LogP contribution in [-0.4, -0.2) is 4.98 Å². The Morgan fingerprint density at radius 1 is 1.23 bits per heavy atom. The third-order valence-electron chi connectivity index (χ3n) is 1.86. The molecule has 3 nitrogen and oxygen atoms in total. The van der Waals surface area contributed by atoms with E-state index in [1.54, 1.807) is 6.20 Å². The molecule has 0 saturated heterocycles. The van der Waals surface area contributed by atoms with Gasteiger partial charge in [0.25, 0.3) is 0 Å². The Morgan fingerprint density at radius 2 is 1.92 bits per heavy atom. The number of oxazole rings is 1. The molecule has 1 heterocycles. The van der Waals surface area contributed by atoms with Crippen LogP contribution in [0.2, 0.25) is 0 Å². The summed E-state index contributed by atoms with van der Waals surface area (Å²) in [7, 11) is 0. The van der Waals surface area contributed by atoms with E-state index in [0.717, 1.165) is 5.56 Å². The fraction of sp³-hybridized carbons (Fsp3) is 0.100. The molecule has 1 aromatic carbocycles. The minimum Gasteiger partial charge on any atom is -0.408 e. The number of H-pyrrole nitrogens is 1. The summed E-state index contributed by atoms with van der Waals surface area (Å²) in [4.78, 5) is 13.2. The van der Waals surface area contributed by atoms with Crippen LogP contribution in [0.4, 0.5) is 0 Å². The van der Waals surface area contributed by atoms with Gasteiger partial charge >= 0.3 is 5.76 Å². The summed E-state index contributed by atoms with van der Waals surface area (Å²) < 4.78 is 4.90. The molecule has 0 aliphatic heterocycles. The average Bonchev–Trinajstić information content (AvgIpc) is 2.53. The molecular formula is C10H9NO2. The van der Waals surface area contributed by atoms with Crippen LogP contribution in [-0.2, 0) is 0 Å². The summed E-state index contributed by atoms with van der Waals surface area (Å²) in [6, 6.07) is 7.79. The molecule has 2 aromatic rings. The van der Waals surface area contributed by atoms with Crippen molar-refractivity contribution in [1.82, 2.24) is 4.98 Å². The molecule has 0 radical (unpaired) electrons. The molecule has 1 N–H and O–H groups in total. The number of hydrogen-bond acceptors (Lipinski definition) is 2. The lowest BCUT2D eigenvalue weighted by Crippen LogP contribution is -1.92. The zero-order valence-electron chi connectivity index (χ0n) is 7.20. The van der Waals surface area contributed by atoms with Gasteiger partial charge in [0.1, 0.15) is 0 Å². The Balaban J connectivity index is 2.47. The monoisotopic (exact) mass is 175 g/mol. The standard InChI is InChI=1S/C10H9NO2/c1-7-2-4-8(5-3-7)9-6-11-10(12)13-9/h2-6H,1H3,(H,11,12). The van der Waals surface area contributed by atoms with Gasteiger partial charge in [0.05, 0.1) is 6.20 Å². The van der Waals surface area contributed by atoms with Crippen molar-refractivity contribution >= 4 is 0 Å². The number of nitrogens with one attached hydrogen (secondary N) is 1. The van der Waals surface area contributed by atoms with Crippen LogP contribution in [0, 0.1) is 6.92 Å². The molecule has 0 atom stereocenters. The molecule has 0 saturated carbocycles. The number of aromatic nitrogens is 1. The fourth-order valence-electron chi connectivity index (χ4n) is 1.14. The Bertz CT molecular complexity index is 450. The fourth-order valence-corrected chi connectivity index (χ4v) is 1.14. The van der Waals surface area contributed by atoms with Crippen LogP contribution in [0.25, 0.3) is 11.3 Å². The van der Waals surface area contributed by atoms with Gasteiger partial charge in [-0.1, -0.05) is 29.8 Å². The van der Waals surface area contributed by atoms with E-state index in [0.29, 0.717) is 5.76 Å². The summed E-state index contributed by atoms with van der Waals surface area (Å²) in [6.45, 7) is 2.01. The molecule has 0 aliphatic carbocycles. The zero-order chi connectivity index (χ0) is 9.26. The number of rotatable bonds is 1. The predicted octanol–water partition coefficient (Wildman–Crippen LogP) is 1.94. The largest absolute Gasteiger partial charge is 0.416 e. The number of hydrogen-bond donors (Lipinski definition) is 1. The molecule has 3 heteroatoms. The molecule has 66 valence electrons. The molecule has 2 rings (SSSR count). The third kappa shape index (κ3) is 1.54. The Morgan fingerprint density at radius 3 is 2.46 bits per heavy atom. The highest BCUT2D eigenvalue weighted by atomic mass is 16.4. The first-order valence-corrected chi connectivity index (χ1v) is 4.01. The van der Waals surface area contributed by atoms with Crippen LogP contribution in [0.5, 0.6) is 0 Å². The molecule has 0 fully saturated rings. The third-order valence-corrected chi connectivity index (χ3v) is 1.86. The van der Waals surface area contributed by atoms with Gasteiger partial charge in [-0.15, -0.1) is 0 Å². The second-order valence-electron chi connectivity index (χ2n) is 2.91. The highest BCUT2D eigenvalue weighted by Crippen LogP contribution is 2.16. The van der Waals surface area contributed by atoms with Gasteiger partial charge in [-0.2, -0.15) is 0 Å². The maximum Gasteiger partial charge on any atom is 0.416 e. The first-order chi connectivity index (χ1) is 6.25. The van der Waals surface area contributed by atoms with Crippen molar-refractivity contribution in [3.63, 3.8) is 0 Å². The topological polar surface area (TPSA) is 46.0 Å². The zero-order valence-corrected chi connectivity index (χ0v) is 7.20. The predicted molar refractivity (Wildman–Crippen MR) is 49.5 cm³/mol. The molecule has 0 bridgehead atoms. The average molecular weight is 175 g/mol. The van der Waals surface area contributed by atoms with E-state index in [1.807, 2.05) is 31.2 Å². The first kappa shape index (κ1) is 7.86. The van der Waals surface area contributed by atoms with Crippen LogP contribution in [0.15, 0.2) is 39.7 Å². The van der Waals surface area contributed by atoms with Crippen molar-refractivity contribution < 1.29 is 4.42 Å². The van der Waals surface area contributed by atoms with Crippen molar-refractivity contribution in [2.24, 2.45) is 0 Å². The van der Waals surface area contributed by atoms with Gasteiger partial charge in [-0.3, -0.25) is 4.98 Å². The maximum atomic E-state index is 10.7. The molecule has 0 unspecified atom stereocenters. The Hall–Kier alpha value is -1.77. The summed E-state index contributed by atoms with van der Waals surface area (Å²) in [6.07, 6.45) is 1.56. The second kappa shape index (κ2) is 2.94. The highest BCUT2D eigenvalue weighted by molar-refractivity contribution is 5.56. The van der Waals surface area contributed by atoms with Gasteiger partial charge in [0.15, 0.2) is 5.76 Å². The van der Waals surface area contributed by atoms with Crippen molar-refractivity contribution in [3.8, 4) is 11.3 Å². The molecular weight excluding hydrogens is 166 g/mol. The smallest absolute Gasteiger partial charge is 0.408 e. The summed E-state index contributed by atoms with van der Waals surface area (Å²) >= 11 is 0. The maximum absolute atomic E-state index is 10.7. The minimum atomic E-state index is -0.421. The van der Waals surface area contributed by atoms with Crippen molar-refractivity contribution in [2.45, 2.75) is 6.92 Å². The van der Waals surface area contributed by atoms with E-state index in [4.69, 9.17) is 4.42 Å². The normalized spacial score (nSPS) is 10.2. The van der Waals surface area contributed by atoms with E-state index in [-0.39, 0.29) is 0 Å². The van der Waals surface area contributed by atoms with Gasteiger partial charge in [0, 0.05) is 5.56 Å². The quantitative estimate of drug-likeness (QED) is 0.719. The number of aryl methyl sites for hydroxylation is 1. The number of benzene rings is 1. The second-order valence-corrected chi connectivity index (χ2v) is 2.91. The summed E-state index contributed by atoms with van der Waals surface area (Å²) in [5.41, 5.74) is 2.09. The number of aromatic amines is 1. The van der Waals surface area contributed by atoms with E-state index < -0.39 is 5.76 Å². The minimum absolute atomic E-state index is 0.421. The van der Waals surface area contributed by atoms with Crippen molar-refractivity contribution in [2.75, 3.05) is 0 Å². The Kier molecular flexibility index (Phi) is 1.77. The summed E-state index contributed by atoms with van der Waals surface area (Å²) in [5, 5.41) is 0. The Labute approximate surface area is 75.0 Å². The highest BCUT2D eigenvalue weighted by Gasteiger charge is 2.00. The van der Waals surface area contributed by atoms with Gasteiger partial charge in [0.2, 0.25) is 0 Å². The van der Waals surface area contributed by atoms with Crippen LogP contribution in [0.3, 0.4) is 0 Å². The molecule has 1 aromatic heterocycles. The lowest BCUT2D eigenvalue weighted by atomic mass is 10.1. The molecule has 0 spiro atoms. The summed E-state index contributed by atoms with van der Waals surface area (Å²) in [5.74, 6) is 0.153. The lowest BCUT2D eigenvalue weighted by molar-refractivity contribution is 0.528. The van der Waals surface area contributed by atoms with Crippen LogP contribution in [0.1, 0.15) is 5.56 Å². The van der Waals surface area contributed by atoms with Crippen LogP contribution >= 0.6 is 0 Å². The van der Waals surface area contributed by atoms with Crippen molar-refractivity contribution in [3.05, 3.63) is 46.6 Å². The first-order valence-electron chi connectivity index (χ1n) is 4.01. The van der Waals surface area contributed by atoms with E-state index in [9.17, 15) is 4.79 Å². The van der Waals surface area contributed by atoms with Gasteiger partial charge < -0.3 is 4.42 Å². The van der Waals surface area contributed by atoms with E-state index >= 15 is 0 Å². The molecule has 13 heavy (non-hydrogen) atoms. The SMILES string of the molecule is Cc1ccc(-c2c[nH]c(=O)o2)cc1. The van der Waals surface area contributed by atoms with Gasteiger partial charge in [-0.25, -0.2) is 4.79 Å². The molecule has 0 aliphatic rings. The lowest BCUT2D eigenvalue weighted by Gasteiger charge is -1.95. The van der Waals surface area contributed by atoms with Crippen molar-refractivity contribution in [1.29, 1.82) is 0 Å². The van der Waals surface area contributed by atoms with Gasteiger partial charge in [-0.05, 0) is 6.92 Å². The van der Waals surface area contributed by atoms with Crippen LogP contribution < -0.4 is 5.76 Å².